The summed E-state index contributed by atoms with van der Waals surface area (Å²) in [6.45, 7) is 6.71. The number of nitrogens with one attached hydrogen (secondary N) is 1. The summed E-state index contributed by atoms with van der Waals surface area (Å²) in [6, 6.07) is 0. The van der Waals surface area contributed by atoms with Crippen LogP contribution in [-0.4, -0.2) is 27.2 Å². The second-order valence-corrected chi connectivity index (χ2v) is 3.69. The van der Waals surface area contributed by atoms with Gasteiger partial charge in [-0.15, -0.1) is 11.6 Å². The molecule has 0 saturated carbocycles. The van der Waals surface area contributed by atoms with Gasteiger partial charge in [-0.3, -0.25) is 0 Å². The normalized spacial score (nSPS) is 13.1. The largest absolute Gasteiger partial charge is 0.310 e. The highest BCUT2D eigenvalue weighted by Gasteiger charge is 2.03. The molecule has 0 bridgehead atoms. The van der Waals surface area contributed by atoms with Crippen LogP contribution in [0, 0.1) is 5.92 Å². The van der Waals surface area contributed by atoms with Crippen LogP contribution in [0.2, 0.25) is 0 Å². The molecule has 4 nitrogen and oxygen atoms in total. The molecule has 0 aliphatic rings. The second-order valence-electron chi connectivity index (χ2n) is 3.38. The first kappa shape index (κ1) is 11.5. The van der Waals surface area contributed by atoms with Crippen molar-refractivity contribution in [2.75, 3.05) is 12.4 Å². The molecule has 14 heavy (non-hydrogen) atoms. The zero-order valence-corrected chi connectivity index (χ0v) is 9.46. The van der Waals surface area contributed by atoms with Gasteiger partial charge in [0.2, 0.25) is 0 Å². The number of aromatic nitrogens is 3. The molecule has 0 fully saturated rings. The average Bonchev–Trinajstić information content (AvgIpc) is 2.65. The zero-order valence-electron chi connectivity index (χ0n) is 8.70. The summed E-state index contributed by atoms with van der Waals surface area (Å²) < 4.78 is 1.89. The molecule has 1 aromatic rings. The third-order valence-electron chi connectivity index (χ3n) is 2.03. The lowest BCUT2D eigenvalue weighted by atomic mass is 10.2. The van der Waals surface area contributed by atoms with E-state index >= 15 is 0 Å². The topological polar surface area (TPSA) is 42.7 Å². The average molecular weight is 217 g/mol. The van der Waals surface area contributed by atoms with Crippen molar-refractivity contribution < 1.29 is 0 Å². The Balaban J connectivity index is 2.31. The highest BCUT2D eigenvalue weighted by atomic mass is 35.5. The van der Waals surface area contributed by atoms with Crippen LogP contribution in [0.1, 0.15) is 19.7 Å². The number of alkyl halides is 1. The van der Waals surface area contributed by atoms with Gasteiger partial charge >= 0.3 is 0 Å². The summed E-state index contributed by atoms with van der Waals surface area (Å²) in [5.41, 5.74) is 0. The van der Waals surface area contributed by atoms with Crippen LogP contribution in [0.3, 0.4) is 0 Å². The van der Waals surface area contributed by atoms with Gasteiger partial charge in [-0.25, -0.2) is 9.67 Å². The van der Waals surface area contributed by atoms with Gasteiger partial charge in [0.05, 0.1) is 6.54 Å². The molecule has 0 saturated heterocycles. The molecular weight excluding hydrogens is 200 g/mol. The Morgan fingerprint density at radius 3 is 3.07 bits per heavy atom. The lowest BCUT2D eigenvalue weighted by molar-refractivity contribution is 0.522. The Morgan fingerprint density at radius 2 is 2.43 bits per heavy atom. The van der Waals surface area contributed by atoms with E-state index in [9.17, 15) is 0 Å². The minimum Gasteiger partial charge on any atom is -0.310 e. The van der Waals surface area contributed by atoms with Crippen molar-refractivity contribution in [2.24, 2.45) is 5.92 Å². The second kappa shape index (κ2) is 5.98. The number of hydrogen-bond donors (Lipinski definition) is 1. The standard InChI is InChI=1S/C9H17ClN4/c1-3-14-9(12-7-13-14)6-11-5-8(2)4-10/h7-8,11H,3-6H2,1-2H3. The number of rotatable bonds is 6. The molecule has 1 atom stereocenters. The van der Waals surface area contributed by atoms with Gasteiger partial charge in [0, 0.05) is 12.4 Å². The van der Waals surface area contributed by atoms with Crippen LogP contribution in [0.25, 0.3) is 0 Å². The van der Waals surface area contributed by atoms with Gasteiger partial charge in [0.25, 0.3) is 0 Å². The van der Waals surface area contributed by atoms with E-state index in [-0.39, 0.29) is 0 Å². The molecule has 0 amide bonds. The summed E-state index contributed by atoms with van der Waals surface area (Å²) in [7, 11) is 0. The number of aryl methyl sites for hydroxylation is 1. The van der Waals surface area contributed by atoms with Crippen molar-refractivity contribution in [3.8, 4) is 0 Å². The smallest absolute Gasteiger partial charge is 0.140 e. The Hall–Kier alpha value is -0.610. The van der Waals surface area contributed by atoms with E-state index in [4.69, 9.17) is 11.6 Å². The number of nitrogens with zero attached hydrogens (tertiary/aromatic N) is 3. The van der Waals surface area contributed by atoms with Crippen molar-refractivity contribution in [3.63, 3.8) is 0 Å². The number of hydrogen-bond acceptors (Lipinski definition) is 3. The Bertz CT molecular complexity index is 261. The van der Waals surface area contributed by atoms with E-state index in [2.05, 4.69) is 29.2 Å². The predicted molar refractivity (Wildman–Crippen MR) is 57.3 cm³/mol. The summed E-state index contributed by atoms with van der Waals surface area (Å²) in [5, 5.41) is 7.40. The summed E-state index contributed by atoms with van der Waals surface area (Å²) in [6.07, 6.45) is 1.59. The molecule has 80 valence electrons. The van der Waals surface area contributed by atoms with E-state index < -0.39 is 0 Å². The molecule has 1 aromatic heterocycles. The van der Waals surface area contributed by atoms with Crippen LogP contribution in [0.15, 0.2) is 6.33 Å². The van der Waals surface area contributed by atoms with Crippen LogP contribution in [0.5, 0.6) is 0 Å². The molecule has 0 radical (unpaired) electrons. The Kier molecular flexibility index (Phi) is 4.90. The van der Waals surface area contributed by atoms with Crippen LogP contribution < -0.4 is 5.32 Å². The zero-order chi connectivity index (χ0) is 10.4. The molecular formula is C9H17ClN4. The number of halogens is 1. The molecule has 0 spiro atoms. The molecule has 1 unspecified atom stereocenters. The SMILES string of the molecule is CCn1ncnc1CNCC(C)CCl. The van der Waals surface area contributed by atoms with E-state index in [1.54, 1.807) is 6.33 Å². The third kappa shape index (κ3) is 3.27. The van der Waals surface area contributed by atoms with Gasteiger partial charge in [-0.1, -0.05) is 6.92 Å². The van der Waals surface area contributed by atoms with Gasteiger partial charge in [0.1, 0.15) is 12.2 Å². The first-order chi connectivity index (χ1) is 6.77. The molecule has 0 aromatic carbocycles. The predicted octanol–water partition coefficient (Wildman–Crippen LogP) is 1.26. The summed E-state index contributed by atoms with van der Waals surface area (Å²) in [4.78, 5) is 4.17. The van der Waals surface area contributed by atoms with Crippen molar-refractivity contribution in [1.82, 2.24) is 20.1 Å². The van der Waals surface area contributed by atoms with Crippen molar-refractivity contribution in [1.29, 1.82) is 0 Å². The first-order valence-electron chi connectivity index (χ1n) is 4.91. The van der Waals surface area contributed by atoms with Gasteiger partial charge in [0.15, 0.2) is 0 Å². The fourth-order valence-corrected chi connectivity index (χ4v) is 1.28. The van der Waals surface area contributed by atoms with E-state index in [1.165, 1.54) is 0 Å². The van der Waals surface area contributed by atoms with Crippen molar-refractivity contribution >= 4 is 11.6 Å². The van der Waals surface area contributed by atoms with Crippen molar-refractivity contribution in [3.05, 3.63) is 12.2 Å². The molecule has 0 aliphatic carbocycles. The fraction of sp³-hybridized carbons (Fsp3) is 0.778. The lowest BCUT2D eigenvalue weighted by Gasteiger charge is -2.08. The maximum Gasteiger partial charge on any atom is 0.140 e. The molecule has 1 rings (SSSR count). The summed E-state index contributed by atoms with van der Waals surface area (Å²) >= 11 is 5.70. The van der Waals surface area contributed by atoms with Crippen LogP contribution in [0.4, 0.5) is 0 Å². The molecule has 1 N–H and O–H groups in total. The van der Waals surface area contributed by atoms with E-state index in [1.807, 2.05) is 4.68 Å². The monoisotopic (exact) mass is 216 g/mol. The maximum absolute atomic E-state index is 5.70. The van der Waals surface area contributed by atoms with Crippen molar-refractivity contribution in [2.45, 2.75) is 26.9 Å². The van der Waals surface area contributed by atoms with E-state index in [0.29, 0.717) is 11.8 Å². The van der Waals surface area contributed by atoms with Gasteiger partial charge in [-0.2, -0.15) is 5.10 Å². The summed E-state index contributed by atoms with van der Waals surface area (Å²) in [5.74, 6) is 2.16. The maximum atomic E-state index is 5.70. The highest BCUT2D eigenvalue weighted by Crippen LogP contribution is 1.97. The van der Waals surface area contributed by atoms with Gasteiger partial charge < -0.3 is 5.32 Å². The Morgan fingerprint density at radius 1 is 1.64 bits per heavy atom. The first-order valence-corrected chi connectivity index (χ1v) is 5.44. The van der Waals surface area contributed by atoms with Gasteiger partial charge in [-0.05, 0) is 19.4 Å². The fourth-order valence-electron chi connectivity index (χ4n) is 1.17. The third-order valence-corrected chi connectivity index (χ3v) is 2.56. The van der Waals surface area contributed by atoms with Crippen LogP contribution in [-0.2, 0) is 13.1 Å². The highest BCUT2D eigenvalue weighted by molar-refractivity contribution is 6.18. The lowest BCUT2D eigenvalue weighted by Crippen LogP contribution is -2.23. The minimum atomic E-state index is 0.495. The quantitative estimate of drug-likeness (QED) is 0.729. The van der Waals surface area contributed by atoms with Crippen LogP contribution >= 0.6 is 11.6 Å². The minimum absolute atomic E-state index is 0.495. The Labute approximate surface area is 89.7 Å². The molecule has 1 heterocycles. The van der Waals surface area contributed by atoms with E-state index in [0.717, 1.165) is 25.5 Å². The molecule has 5 heteroatoms. The molecule has 0 aliphatic heterocycles.